The molecule has 6 unspecified atom stereocenters. The highest BCUT2D eigenvalue weighted by atomic mass is 32.2. The molecule has 0 radical (unpaired) electrons. The Bertz CT molecular complexity index is 2750. The maximum absolute atomic E-state index is 10.7. The van der Waals surface area contributed by atoms with E-state index in [1.165, 1.54) is 82.4 Å². The summed E-state index contributed by atoms with van der Waals surface area (Å²) in [5, 5.41) is 86.3. The van der Waals surface area contributed by atoms with Gasteiger partial charge in [-0.2, -0.15) is 45.4 Å². The molecule has 6 rings (SSSR count). The quantitative estimate of drug-likeness (QED) is 0.0255. The van der Waals surface area contributed by atoms with Crippen molar-refractivity contribution in [1.82, 2.24) is 10.3 Å². The van der Waals surface area contributed by atoms with Crippen molar-refractivity contribution in [2.24, 2.45) is 17.8 Å². The van der Waals surface area contributed by atoms with Gasteiger partial charge in [0.15, 0.2) is 5.03 Å². The van der Waals surface area contributed by atoms with Crippen molar-refractivity contribution in [3.8, 4) is 11.7 Å². The molecule has 4 aliphatic rings. The summed E-state index contributed by atoms with van der Waals surface area (Å²) in [5.41, 5.74) is 2.39. The highest BCUT2D eigenvalue weighted by Crippen LogP contribution is 2.35. The van der Waals surface area contributed by atoms with Crippen LogP contribution < -0.4 is 10.8 Å². The van der Waals surface area contributed by atoms with E-state index in [4.69, 9.17) is 73.2 Å². The van der Waals surface area contributed by atoms with Gasteiger partial charge in [0.1, 0.15) is 10.5 Å². The fraction of sp³-hybridized carbons (Fsp3) is 0.754. The molecular formula is C61H117B5N2O23S5. The van der Waals surface area contributed by atoms with Crippen molar-refractivity contribution in [2.75, 3.05) is 31.3 Å². The highest BCUT2D eigenvalue weighted by molar-refractivity contribution is 8.00. The molecule has 3 saturated heterocycles. The Kier molecular flexibility index (Phi) is 58.1. The van der Waals surface area contributed by atoms with Crippen molar-refractivity contribution in [1.29, 1.82) is 0 Å². The molecule has 25 nitrogen and oxygen atoms in total. The Balaban J connectivity index is -0.00000101. The van der Waals surface area contributed by atoms with Crippen LogP contribution >= 0.6 is 11.8 Å². The van der Waals surface area contributed by atoms with Crippen LogP contribution in [0.3, 0.4) is 0 Å². The minimum Gasteiger partial charge on any atom is -0.427 e. The molecule has 0 bridgehead atoms. The van der Waals surface area contributed by atoms with Crippen molar-refractivity contribution in [3.05, 3.63) is 65.8 Å². The molecule has 4 fully saturated rings. The molecule has 1 saturated carbocycles. The average Bonchev–Trinajstić information content (AvgIpc) is 0.906. The summed E-state index contributed by atoms with van der Waals surface area (Å²) in [4.78, 5) is 3.47. The number of aryl methyl sites for hydroxylation is 2. The van der Waals surface area contributed by atoms with Gasteiger partial charge in [-0.1, -0.05) is 186 Å². The van der Waals surface area contributed by atoms with Crippen molar-refractivity contribution in [2.45, 2.75) is 249 Å². The minimum atomic E-state index is -4.14. The van der Waals surface area contributed by atoms with Crippen LogP contribution in [-0.2, 0) is 45.2 Å². The first-order valence-electron chi connectivity index (χ1n) is 33.5. The number of allylic oxidation sites excluding steroid dienone is 1. The van der Waals surface area contributed by atoms with Crippen molar-refractivity contribution < 1.29 is 107 Å². The van der Waals surface area contributed by atoms with Gasteiger partial charge < -0.3 is 60.3 Å². The number of aromatic nitrogens is 1. The molecule has 0 amide bonds. The molecule has 554 valence electrons. The Morgan fingerprint density at radius 2 is 1.20 bits per heavy atom. The molecule has 1 aliphatic carbocycles. The van der Waals surface area contributed by atoms with Gasteiger partial charge in [-0.05, 0) is 131 Å². The maximum Gasteiger partial charge on any atom is 0.544 e. The van der Waals surface area contributed by atoms with Gasteiger partial charge in [0.05, 0.1) is 11.9 Å². The van der Waals surface area contributed by atoms with Crippen LogP contribution in [-0.4, -0.2) is 196 Å². The monoisotopic (exact) mass is 1460 g/mol. The second-order valence-electron chi connectivity index (χ2n) is 24.6. The second-order valence-corrected chi connectivity index (χ2v) is 32.0. The minimum absolute atomic E-state index is 0.126. The lowest BCUT2D eigenvalue weighted by molar-refractivity contribution is 0.0622. The van der Waals surface area contributed by atoms with Crippen LogP contribution in [0, 0.1) is 43.3 Å². The van der Waals surface area contributed by atoms with E-state index < -0.39 is 91.8 Å². The van der Waals surface area contributed by atoms with Crippen LogP contribution in [0.15, 0.2) is 59.7 Å². The van der Waals surface area contributed by atoms with Gasteiger partial charge in [0.2, 0.25) is 0 Å². The molecular weight excluding hydrogens is 1340 g/mol. The van der Waals surface area contributed by atoms with E-state index >= 15 is 0 Å². The Labute approximate surface area is 582 Å². The predicted octanol–water partition coefficient (Wildman–Crippen LogP) is 6.61. The van der Waals surface area contributed by atoms with Gasteiger partial charge in [-0.3, -0.25) is 18.2 Å². The zero-order valence-electron chi connectivity index (χ0n) is 58.1. The molecule has 3 aliphatic heterocycles. The molecule has 96 heavy (non-hydrogen) atoms. The van der Waals surface area contributed by atoms with Crippen LogP contribution in [0.5, 0.6) is 0 Å². The normalized spacial score (nSPS) is 20.7. The molecule has 2 aromatic rings. The second kappa shape index (κ2) is 57.1. The van der Waals surface area contributed by atoms with E-state index in [9.17, 15) is 33.7 Å². The molecule has 1 aromatic heterocycles. The predicted molar refractivity (Wildman–Crippen MR) is 388 cm³/mol. The van der Waals surface area contributed by atoms with Gasteiger partial charge in [-0.25, -0.2) is 4.98 Å². The third kappa shape index (κ3) is 57.2. The van der Waals surface area contributed by atoms with Gasteiger partial charge in [-0.15, -0.1) is 5.92 Å². The number of rotatable bonds is 22. The van der Waals surface area contributed by atoms with Gasteiger partial charge in [0.25, 0.3) is 30.4 Å². The molecule has 35 heteroatoms. The van der Waals surface area contributed by atoms with Crippen LogP contribution in [0.4, 0.5) is 0 Å². The maximum atomic E-state index is 10.7. The average molecular weight is 1460 g/mol. The number of piperidine rings is 1. The summed E-state index contributed by atoms with van der Waals surface area (Å²) >= 11 is 1.60. The largest absolute Gasteiger partial charge is 0.544 e. The molecule has 15 N–H and O–H groups in total. The summed E-state index contributed by atoms with van der Waals surface area (Å²) in [5.74, 6) is 9.51. The summed E-state index contributed by atoms with van der Waals surface area (Å²) in [6.07, 6.45) is 27.6. The molecule has 6 atom stereocenters. The SMILES string of the molecule is CC1COCC(S(=O)(=O)O)C1.CC1CSCC(S(=O)(=O)O)C1.CC1NCCCC1S(=O)(=O)O.CCCC1CCC(B(O)O)CC1.CCCCC/C=C/B(O)O.CCCCCC#CB(O)O.CCCCCCCB(O)O.Cc1ccc(B(O)O)cc1.Cc1ccnc(S(=O)(=O)O)c1. The van der Waals surface area contributed by atoms with Gasteiger partial charge >= 0.3 is 45.7 Å². The first-order chi connectivity index (χ1) is 44.8. The number of thioether (sulfide) groups is 1. The van der Waals surface area contributed by atoms with E-state index in [1.807, 2.05) is 32.9 Å². The lowest BCUT2D eigenvalue weighted by atomic mass is 9.63. The van der Waals surface area contributed by atoms with E-state index in [0.717, 1.165) is 93.6 Å². The highest BCUT2D eigenvalue weighted by Gasteiger charge is 2.32. The van der Waals surface area contributed by atoms with E-state index in [-0.39, 0.29) is 29.4 Å². The fourth-order valence-corrected chi connectivity index (χ4v) is 14.7. The third-order valence-electron chi connectivity index (χ3n) is 15.2. The Hall–Kier alpha value is -2.50. The molecule has 0 spiro atoms. The standard InChI is InChI=1S/C9H19BO2.C7H9BO2.C7H17BO2.C7H15BO2.C7H13BO2.C6H7NO3S.C6H13NO3S.C6H12O4S.C6H12O3S2/c1-2-3-8-4-6-9(7-5-8)10(11)12;1-6-2-4-7(5-3-6)8(9)10;3*1-2-3-4-5-6-7-8(9)10;1-5-2-3-7-6(4-5)11(8,9)10;1-5-6(11(8,9)10)3-2-4-7-5;2*1-5-2-6(4-10-3-5)11(7,8)9/h8-9,11-12H,2-7H2,1H3;2-5,9-10H,1H3;9-10H,2-7H2,1H3;6-7,9-10H,2-5H2,1H3;9-10H,2-5H2,1H3;2-4H,1H3,(H,8,9,10);5-7H,2-4H2,1H3,(H,8,9,10);2*5-6H,2-4H2,1H3,(H,7,8,9)/b;;;7-6+;;;;;. The van der Waals surface area contributed by atoms with E-state index in [1.54, 1.807) is 49.9 Å². The van der Waals surface area contributed by atoms with Crippen LogP contribution in [0.2, 0.25) is 12.1 Å². The van der Waals surface area contributed by atoms with Crippen LogP contribution in [0.1, 0.15) is 207 Å². The molecule has 1 aromatic carbocycles. The Morgan fingerprint density at radius 1 is 0.635 bits per heavy atom. The number of hydrogen-bond acceptors (Lipinski definition) is 22. The summed E-state index contributed by atoms with van der Waals surface area (Å²) in [6, 6.07) is 9.90. The summed E-state index contributed by atoms with van der Waals surface area (Å²) in [7, 11) is -21.9. The number of pyridine rings is 1. The van der Waals surface area contributed by atoms with E-state index in [2.05, 4.69) is 49.7 Å². The number of nitrogens with one attached hydrogen (secondary N) is 1. The summed E-state index contributed by atoms with van der Waals surface area (Å²) < 4.78 is 125. The van der Waals surface area contributed by atoms with Crippen LogP contribution in [0.25, 0.3) is 0 Å². The van der Waals surface area contributed by atoms with E-state index in [0.29, 0.717) is 49.3 Å². The number of unbranched alkanes of at least 4 members (excludes halogenated alkanes) is 10. The topological polar surface area (TPSA) is 454 Å². The van der Waals surface area contributed by atoms with Gasteiger partial charge in [0, 0.05) is 31.0 Å². The number of benzene rings is 1. The lowest BCUT2D eigenvalue weighted by Crippen LogP contribution is -2.46. The summed E-state index contributed by atoms with van der Waals surface area (Å²) in [6.45, 7) is 19.6. The zero-order chi connectivity index (χ0) is 73.9. The zero-order valence-corrected chi connectivity index (χ0v) is 62.2. The Morgan fingerprint density at radius 3 is 1.61 bits per heavy atom. The van der Waals surface area contributed by atoms with Crippen molar-refractivity contribution in [3.63, 3.8) is 0 Å². The number of ether oxygens (including phenoxy) is 1. The first-order valence-corrected chi connectivity index (χ1v) is 40.6. The van der Waals surface area contributed by atoms with Crippen molar-refractivity contribution >= 4 is 93.3 Å². The number of nitrogens with zero attached hydrogens (tertiary/aromatic N) is 1. The lowest BCUT2D eigenvalue weighted by Gasteiger charge is -2.27. The fourth-order valence-electron chi connectivity index (χ4n) is 9.67. The first kappa shape index (κ1) is 97.7. The number of hydrogen-bond donors (Lipinski definition) is 15. The smallest absolute Gasteiger partial charge is 0.427 e. The third-order valence-corrected chi connectivity index (χ3v) is 21.4. The molecule has 4 heterocycles.